The van der Waals surface area contributed by atoms with Crippen molar-refractivity contribution in [2.24, 2.45) is 0 Å². The van der Waals surface area contributed by atoms with Crippen molar-refractivity contribution in [2.75, 3.05) is 41.9 Å². The number of likely N-dealkylation sites (N-methyl/N-ethyl adjacent to an activating group) is 1. The fraction of sp³-hybridized carbons (Fsp3) is 0.296. The molecule has 2 aliphatic heterocycles. The van der Waals surface area contributed by atoms with Gasteiger partial charge in [-0.3, -0.25) is 43.3 Å². The zero-order valence-electron chi connectivity index (χ0n) is 40.9. The Morgan fingerprint density at radius 3 is 1.75 bits per heavy atom. The van der Waals surface area contributed by atoms with Gasteiger partial charge < -0.3 is 40.5 Å². The number of benzene rings is 5. The van der Waals surface area contributed by atoms with Crippen molar-refractivity contribution in [3.05, 3.63) is 160 Å². The molecule has 374 valence electrons. The van der Waals surface area contributed by atoms with Crippen molar-refractivity contribution >= 4 is 64.0 Å². The lowest BCUT2D eigenvalue weighted by Crippen LogP contribution is -2.53. The molecular weight excluding hydrogens is 911 g/mol. The standard InChI is InChI=1S/C25H28N4O7.C11H14O2.C10H11NO2.C8H8O/c1-26-18-12-28(22(32)14-30)19-9-5-6-10-20(19)29(24(18)34)13-21(31)27-17-11-23(33)36-25(17)35-15-16-7-3-2-4-8-16;1-7-4-10(9(3)13)5-8(2)11(7)6-12;1-7(12)9-3-5-10(6-4-9)11-8(2)13;1-7(9)8-5-3-2-4-6-8/h2-10,17-18,25-26,30H,11-15H2,1H3,(H,27,31);4-5,12H,6H2,1-3H3;3-6H,1-2H3,(H,11,13);2-6H,1H3/t17-,18-,25?;;;/m0.../s1. The van der Waals surface area contributed by atoms with E-state index < -0.39 is 48.7 Å². The van der Waals surface area contributed by atoms with Gasteiger partial charge in [0.05, 0.1) is 37.6 Å². The quantitative estimate of drug-likeness (QED) is 0.0709. The summed E-state index contributed by atoms with van der Waals surface area (Å²) in [6.07, 6.45) is -1.02. The van der Waals surface area contributed by atoms with Gasteiger partial charge in [-0.15, -0.1) is 0 Å². The first-order valence-corrected chi connectivity index (χ1v) is 22.7. The zero-order valence-corrected chi connectivity index (χ0v) is 40.9. The van der Waals surface area contributed by atoms with E-state index in [2.05, 4.69) is 16.0 Å². The molecule has 0 bridgehead atoms. The second-order valence-corrected chi connectivity index (χ2v) is 16.5. The number of aliphatic hydroxyl groups is 2. The number of rotatable bonds is 13. The van der Waals surface area contributed by atoms with Gasteiger partial charge >= 0.3 is 5.97 Å². The van der Waals surface area contributed by atoms with Crippen LogP contribution in [-0.2, 0) is 46.7 Å². The van der Waals surface area contributed by atoms with Gasteiger partial charge in [0, 0.05) is 29.3 Å². The minimum absolute atomic E-state index is 0.00970. The number of ether oxygens (including phenoxy) is 2. The molecule has 5 N–H and O–H groups in total. The number of ketones is 3. The Morgan fingerprint density at radius 2 is 1.24 bits per heavy atom. The number of aryl methyl sites for hydroxylation is 2. The van der Waals surface area contributed by atoms with E-state index in [-0.39, 0.29) is 56.0 Å². The van der Waals surface area contributed by atoms with Crippen LogP contribution in [0.25, 0.3) is 0 Å². The molecule has 7 rings (SSSR count). The number of carbonyl (C=O) groups excluding carboxylic acids is 8. The first kappa shape index (κ1) is 55.9. The fourth-order valence-corrected chi connectivity index (χ4v) is 7.35. The highest BCUT2D eigenvalue weighted by Gasteiger charge is 2.39. The summed E-state index contributed by atoms with van der Waals surface area (Å²) < 4.78 is 11.0. The van der Waals surface area contributed by atoms with Gasteiger partial charge in [0.2, 0.25) is 24.0 Å². The lowest BCUT2D eigenvalue weighted by Gasteiger charge is -2.26. The van der Waals surface area contributed by atoms with Gasteiger partial charge in [-0.25, -0.2) is 0 Å². The summed E-state index contributed by atoms with van der Waals surface area (Å²) in [6.45, 7) is 9.02. The lowest BCUT2D eigenvalue weighted by atomic mass is 9.98. The normalized spacial score (nSPS) is 15.6. The molecule has 0 saturated carbocycles. The number of aliphatic hydroxyl groups excluding tert-OH is 2. The average Bonchev–Trinajstić information content (AvgIpc) is 3.65. The minimum atomic E-state index is -0.962. The van der Waals surface area contributed by atoms with Crippen LogP contribution in [0.5, 0.6) is 0 Å². The highest BCUT2D eigenvalue weighted by molar-refractivity contribution is 6.09. The van der Waals surface area contributed by atoms with Crippen LogP contribution in [0.4, 0.5) is 17.1 Å². The highest BCUT2D eigenvalue weighted by Crippen LogP contribution is 2.33. The van der Waals surface area contributed by atoms with Crippen LogP contribution < -0.4 is 25.8 Å². The van der Waals surface area contributed by atoms with E-state index in [0.29, 0.717) is 28.2 Å². The molecule has 0 spiro atoms. The van der Waals surface area contributed by atoms with Crippen LogP contribution in [0, 0.1) is 13.8 Å². The predicted octanol–water partition coefficient (Wildman–Crippen LogP) is 5.66. The molecule has 5 aromatic carbocycles. The summed E-state index contributed by atoms with van der Waals surface area (Å²) in [7, 11) is 1.58. The number of fused-ring (bicyclic) bond motifs is 1. The van der Waals surface area contributed by atoms with Gasteiger partial charge in [0.15, 0.2) is 17.3 Å². The summed E-state index contributed by atoms with van der Waals surface area (Å²) in [5.74, 6) is -1.91. The van der Waals surface area contributed by atoms with Gasteiger partial charge in [-0.05, 0) is 112 Å². The molecule has 4 amide bonds. The summed E-state index contributed by atoms with van der Waals surface area (Å²) >= 11 is 0. The Kier molecular flexibility index (Phi) is 21.6. The van der Waals surface area contributed by atoms with Crippen LogP contribution in [0.15, 0.2) is 121 Å². The maximum Gasteiger partial charge on any atom is 0.310 e. The van der Waals surface area contributed by atoms with Gasteiger partial charge in [-0.1, -0.05) is 72.8 Å². The summed E-state index contributed by atoms with van der Waals surface area (Å²) in [4.78, 5) is 96.6. The number of Topliss-reactive ketones (excluding diaryl/α,β-unsaturated/α-hetero) is 3. The van der Waals surface area contributed by atoms with E-state index in [1.54, 1.807) is 69.4 Å². The van der Waals surface area contributed by atoms with Crippen LogP contribution in [0.3, 0.4) is 0 Å². The van der Waals surface area contributed by atoms with E-state index in [9.17, 15) is 43.5 Å². The minimum Gasteiger partial charge on any atom is -0.433 e. The molecule has 3 atom stereocenters. The van der Waals surface area contributed by atoms with Crippen molar-refractivity contribution in [3.8, 4) is 0 Å². The molecule has 17 nitrogen and oxygen atoms in total. The Labute approximate surface area is 413 Å². The number of nitrogens with one attached hydrogen (secondary N) is 3. The Bertz CT molecular complexity index is 2640. The fourth-order valence-electron chi connectivity index (χ4n) is 7.35. The SMILES string of the molecule is CC(=O)Nc1ccc(C(C)=O)cc1.CC(=O)c1cc(C)c(CO)c(C)c1.CC(=O)c1ccccc1.CN[C@H]1CN(C(=O)CO)c2ccccc2N(CC(=O)N[C@H]2CC(=O)OC2OCc2ccccc2)C1=O. The molecule has 71 heavy (non-hydrogen) atoms. The second kappa shape index (κ2) is 27.5. The lowest BCUT2D eigenvalue weighted by molar-refractivity contribution is -0.168. The number of carbonyl (C=O) groups is 8. The summed E-state index contributed by atoms with van der Waals surface area (Å²) in [6, 6.07) is 34.1. The molecular formula is C54H61N5O12. The summed E-state index contributed by atoms with van der Waals surface area (Å²) in [5.41, 5.74) is 7.37. The molecule has 1 fully saturated rings. The molecule has 0 aliphatic carbocycles. The largest absolute Gasteiger partial charge is 0.433 e. The van der Waals surface area contributed by atoms with Crippen LogP contribution in [0.1, 0.15) is 87.4 Å². The number of anilines is 3. The second-order valence-electron chi connectivity index (χ2n) is 16.5. The van der Waals surface area contributed by atoms with Crippen molar-refractivity contribution in [3.63, 3.8) is 0 Å². The number of para-hydroxylation sites is 2. The van der Waals surface area contributed by atoms with E-state index in [1.165, 1.54) is 23.6 Å². The molecule has 0 radical (unpaired) electrons. The summed E-state index contributed by atoms with van der Waals surface area (Å²) in [5, 5.41) is 26.7. The number of amides is 4. The van der Waals surface area contributed by atoms with Gasteiger partial charge in [0.1, 0.15) is 25.2 Å². The molecule has 1 unspecified atom stereocenters. The highest BCUT2D eigenvalue weighted by atomic mass is 16.7. The Morgan fingerprint density at radius 1 is 0.704 bits per heavy atom. The molecule has 2 heterocycles. The number of hydrogen-bond donors (Lipinski definition) is 5. The maximum absolute atomic E-state index is 13.3. The third-order valence-corrected chi connectivity index (χ3v) is 11.1. The van der Waals surface area contributed by atoms with E-state index in [4.69, 9.17) is 14.6 Å². The van der Waals surface area contributed by atoms with E-state index >= 15 is 0 Å². The van der Waals surface area contributed by atoms with E-state index in [0.717, 1.165) is 27.8 Å². The zero-order chi connectivity index (χ0) is 52.2. The first-order valence-electron chi connectivity index (χ1n) is 22.7. The topological polar surface area (TPSA) is 238 Å². The maximum atomic E-state index is 13.3. The third kappa shape index (κ3) is 16.7. The number of nitrogens with zero attached hydrogens (tertiary/aromatic N) is 2. The van der Waals surface area contributed by atoms with Crippen molar-refractivity contribution in [2.45, 2.75) is 79.6 Å². The van der Waals surface area contributed by atoms with Crippen LogP contribution in [-0.4, -0.2) is 102 Å². The number of hydrogen-bond acceptors (Lipinski definition) is 13. The predicted molar refractivity (Wildman–Crippen MR) is 268 cm³/mol. The molecule has 17 heteroatoms. The van der Waals surface area contributed by atoms with Crippen molar-refractivity contribution in [1.29, 1.82) is 0 Å². The van der Waals surface area contributed by atoms with Crippen LogP contribution in [0.2, 0.25) is 0 Å². The molecule has 2 aliphatic rings. The van der Waals surface area contributed by atoms with Crippen LogP contribution >= 0.6 is 0 Å². The molecule has 5 aromatic rings. The number of cyclic esters (lactones) is 1. The van der Waals surface area contributed by atoms with E-state index in [1.807, 2.05) is 86.6 Å². The Hall–Kier alpha value is -7.70. The third-order valence-electron chi connectivity index (χ3n) is 11.1. The van der Waals surface area contributed by atoms with Crippen molar-refractivity contribution < 1.29 is 58.0 Å². The molecule has 0 aromatic heterocycles. The first-order chi connectivity index (χ1) is 33.9. The van der Waals surface area contributed by atoms with Crippen molar-refractivity contribution in [1.82, 2.24) is 10.6 Å². The van der Waals surface area contributed by atoms with Gasteiger partial charge in [-0.2, -0.15) is 0 Å². The monoisotopic (exact) mass is 971 g/mol. The smallest absolute Gasteiger partial charge is 0.310 e. The number of esters is 1. The molecule has 1 saturated heterocycles. The van der Waals surface area contributed by atoms with Gasteiger partial charge in [0.25, 0.3) is 5.91 Å². The Balaban J connectivity index is 0.000000253. The average molecular weight is 972 g/mol.